The minimum absolute atomic E-state index is 0.254. The van der Waals surface area contributed by atoms with Crippen molar-refractivity contribution < 1.29 is 4.39 Å². The third-order valence-electron chi connectivity index (χ3n) is 3.32. The van der Waals surface area contributed by atoms with Crippen LogP contribution in [0.2, 0.25) is 0 Å². The van der Waals surface area contributed by atoms with Gasteiger partial charge in [-0.1, -0.05) is 6.92 Å². The van der Waals surface area contributed by atoms with E-state index in [1.165, 1.54) is 12.5 Å². The van der Waals surface area contributed by atoms with Crippen LogP contribution >= 0.6 is 15.9 Å². The number of rotatable bonds is 3. The lowest BCUT2D eigenvalue weighted by molar-refractivity contribution is 0.258. The maximum Gasteiger partial charge on any atom is 0.139 e. The third kappa shape index (κ3) is 2.95. The second-order valence-electron chi connectivity index (χ2n) is 4.65. The molecule has 1 fully saturated rings. The summed E-state index contributed by atoms with van der Waals surface area (Å²) in [5.74, 6) is -0.254. The number of nitrogen functional groups attached to an aromatic ring is 1. The van der Waals surface area contributed by atoms with Crippen molar-refractivity contribution in [3.8, 4) is 0 Å². The molecule has 1 aliphatic rings. The first-order valence-corrected chi connectivity index (χ1v) is 7.13. The van der Waals surface area contributed by atoms with E-state index >= 15 is 0 Å². The molecule has 18 heavy (non-hydrogen) atoms. The van der Waals surface area contributed by atoms with E-state index in [9.17, 15) is 4.39 Å². The SMILES string of the molecule is CCCN1CCN(c2cc(F)c(Br)cc2N)CC1. The van der Waals surface area contributed by atoms with Crippen molar-refractivity contribution in [1.82, 2.24) is 4.90 Å². The van der Waals surface area contributed by atoms with Gasteiger partial charge in [0.05, 0.1) is 15.8 Å². The number of nitrogens with two attached hydrogens (primary N) is 1. The minimum Gasteiger partial charge on any atom is -0.397 e. The largest absolute Gasteiger partial charge is 0.397 e. The second kappa shape index (κ2) is 5.89. The van der Waals surface area contributed by atoms with Crippen molar-refractivity contribution in [3.63, 3.8) is 0 Å². The van der Waals surface area contributed by atoms with Gasteiger partial charge in [-0.3, -0.25) is 4.90 Å². The number of hydrogen-bond acceptors (Lipinski definition) is 3. The lowest BCUT2D eigenvalue weighted by atomic mass is 10.2. The quantitative estimate of drug-likeness (QED) is 0.870. The molecule has 0 bridgehead atoms. The van der Waals surface area contributed by atoms with Crippen molar-refractivity contribution in [2.24, 2.45) is 0 Å². The number of halogens is 2. The summed E-state index contributed by atoms with van der Waals surface area (Å²) in [6, 6.07) is 3.16. The van der Waals surface area contributed by atoms with Crippen LogP contribution in [0.3, 0.4) is 0 Å². The molecule has 0 spiro atoms. The summed E-state index contributed by atoms with van der Waals surface area (Å²) in [7, 11) is 0. The minimum atomic E-state index is -0.254. The number of hydrogen-bond donors (Lipinski definition) is 1. The maximum atomic E-state index is 13.6. The Morgan fingerprint density at radius 1 is 1.28 bits per heavy atom. The molecule has 0 unspecified atom stereocenters. The highest BCUT2D eigenvalue weighted by molar-refractivity contribution is 9.10. The van der Waals surface area contributed by atoms with Crippen molar-refractivity contribution in [2.45, 2.75) is 13.3 Å². The van der Waals surface area contributed by atoms with Crippen LogP contribution in [0.1, 0.15) is 13.3 Å². The Bertz CT molecular complexity index is 417. The molecule has 5 heteroatoms. The average Bonchev–Trinajstić information content (AvgIpc) is 2.35. The number of benzene rings is 1. The van der Waals surface area contributed by atoms with Crippen LogP contribution in [-0.2, 0) is 0 Å². The van der Waals surface area contributed by atoms with Gasteiger partial charge in [-0.25, -0.2) is 4.39 Å². The molecule has 0 atom stereocenters. The predicted octanol–water partition coefficient (Wildman–Crippen LogP) is 2.70. The van der Waals surface area contributed by atoms with Gasteiger partial charge >= 0.3 is 0 Å². The fourth-order valence-corrected chi connectivity index (χ4v) is 2.72. The van der Waals surface area contributed by atoms with Crippen LogP contribution in [-0.4, -0.2) is 37.6 Å². The molecule has 0 saturated carbocycles. The monoisotopic (exact) mass is 315 g/mol. The lowest BCUT2D eigenvalue weighted by Crippen LogP contribution is -2.46. The van der Waals surface area contributed by atoms with Crippen LogP contribution in [0.25, 0.3) is 0 Å². The first-order valence-electron chi connectivity index (χ1n) is 6.33. The Morgan fingerprint density at radius 2 is 1.94 bits per heavy atom. The molecule has 0 amide bonds. The molecule has 1 aliphatic heterocycles. The molecule has 0 aliphatic carbocycles. The van der Waals surface area contributed by atoms with E-state index in [0.29, 0.717) is 10.2 Å². The van der Waals surface area contributed by atoms with E-state index in [4.69, 9.17) is 5.73 Å². The first kappa shape index (κ1) is 13.6. The van der Waals surface area contributed by atoms with Gasteiger partial charge in [-0.15, -0.1) is 0 Å². The fourth-order valence-electron chi connectivity index (χ4n) is 2.35. The Kier molecular flexibility index (Phi) is 4.45. The Hall–Kier alpha value is -0.810. The van der Waals surface area contributed by atoms with E-state index in [1.54, 1.807) is 6.07 Å². The first-order chi connectivity index (χ1) is 8.61. The molecule has 1 aromatic carbocycles. The summed E-state index contributed by atoms with van der Waals surface area (Å²) >= 11 is 3.15. The molecule has 2 rings (SSSR count). The maximum absolute atomic E-state index is 13.6. The van der Waals surface area contributed by atoms with Crippen LogP contribution in [0.15, 0.2) is 16.6 Å². The predicted molar refractivity (Wildman–Crippen MR) is 77.5 cm³/mol. The van der Waals surface area contributed by atoms with E-state index < -0.39 is 0 Å². The third-order valence-corrected chi connectivity index (χ3v) is 3.93. The zero-order chi connectivity index (χ0) is 13.1. The molecule has 1 aromatic rings. The van der Waals surface area contributed by atoms with E-state index in [-0.39, 0.29) is 5.82 Å². The Morgan fingerprint density at radius 3 is 2.56 bits per heavy atom. The summed E-state index contributed by atoms with van der Waals surface area (Å²) in [5.41, 5.74) is 7.41. The van der Waals surface area contributed by atoms with E-state index in [1.807, 2.05) is 0 Å². The molecule has 0 aromatic heterocycles. The normalized spacial score (nSPS) is 17.2. The van der Waals surface area contributed by atoms with Crippen LogP contribution in [0.4, 0.5) is 15.8 Å². The number of piperazine rings is 1. The zero-order valence-electron chi connectivity index (χ0n) is 10.6. The van der Waals surface area contributed by atoms with Crippen molar-refractivity contribution >= 4 is 27.3 Å². The van der Waals surface area contributed by atoms with Crippen molar-refractivity contribution in [1.29, 1.82) is 0 Å². The van der Waals surface area contributed by atoms with Gasteiger partial charge in [0, 0.05) is 32.2 Å². The lowest BCUT2D eigenvalue weighted by Gasteiger charge is -2.36. The van der Waals surface area contributed by atoms with Gasteiger partial charge in [0.1, 0.15) is 5.82 Å². The highest BCUT2D eigenvalue weighted by Gasteiger charge is 2.19. The van der Waals surface area contributed by atoms with Gasteiger partial charge in [0.2, 0.25) is 0 Å². The van der Waals surface area contributed by atoms with Crippen LogP contribution in [0, 0.1) is 5.82 Å². The Labute approximate surface area is 116 Å². The number of anilines is 2. The molecule has 1 heterocycles. The highest BCUT2D eigenvalue weighted by atomic mass is 79.9. The van der Waals surface area contributed by atoms with E-state index in [2.05, 4.69) is 32.7 Å². The smallest absolute Gasteiger partial charge is 0.139 e. The standard InChI is InChI=1S/C13H19BrFN3/c1-2-3-17-4-6-18(7-5-17)13-9-11(15)10(14)8-12(13)16/h8-9H,2-7,16H2,1H3. The van der Waals surface area contributed by atoms with Crippen LogP contribution < -0.4 is 10.6 Å². The van der Waals surface area contributed by atoms with Gasteiger partial charge < -0.3 is 10.6 Å². The topological polar surface area (TPSA) is 32.5 Å². The van der Waals surface area contributed by atoms with Crippen molar-refractivity contribution in [2.75, 3.05) is 43.4 Å². The molecule has 1 saturated heterocycles. The summed E-state index contributed by atoms with van der Waals surface area (Å²) in [5, 5.41) is 0. The summed E-state index contributed by atoms with van der Waals surface area (Å²) in [4.78, 5) is 4.60. The second-order valence-corrected chi connectivity index (χ2v) is 5.51. The molecule has 100 valence electrons. The fraction of sp³-hybridized carbons (Fsp3) is 0.538. The van der Waals surface area contributed by atoms with Gasteiger partial charge in [-0.05, 0) is 35.0 Å². The number of nitrogens with zero attached hydrogens (tertiary/aromatic N) is 2. The molecular formula is C13H19BrFN3. The molecular weight excluding hydrogens is 297 g/mol. The van der Waals surface area contributed by atoms with Gasteiger partial charge in [-0.2, -0.15) is 0 Å². The molecule has 0 radical (unpaired) electrons. The van der Waals surface area contributed by atoms with Crippen LogP contribution in [0.5, 0.6) is 0 Å². The highest BCUT2D eigenvalue weighted by Crippen LogP contribution is 2.30. The Balaban J connectivity index is 2.07. The molecule has 3 nitrogen and oxygen atoms in total. The summed E-state index contributed by atoms with van der Waals surface area (Å²) in [6.07, 6.45) is 1.18. The van der Waals surface area contributed by atoms with E-state index in [0.717, 1.165) is 38.4 Å². The summed E-state index contributed by atoms with van der Waals surface area (Å²) < 4.78 is 14.0. The zero-order valence-corrected chi connectivity index (χ0v) is 12.2. The van der Waals surface area contributed by atoms with Gasteiger partial charge in [0.15, 0.2) is 0 Å². The summed E-state index contributed by atoms with van der Waals surface area (Å²) in [6.45, 7) is 7.18. The van der Waals surface area contributed by atoms with Crippen molar-refractivity contribution in [3.05, 3.63) is 22.4 Å². The average molecular weight is 316 g/mol. The van der Waals surface area contributed by atoms with Gasteiger partial charge in [0.25, 0.3) is 0 Å². The molecule has 2 N–H and O–H groups in total.